The van der Waals surface area contributed by atoms with Gasteiger partial charge in [0.15, 0.2) is 0 Å². The van der Waals surface area contributed by atoms with Crippen molar-refractivity contribution in [1.82, 2.24) is 0 Å². The van der Waals surface area contributed by atoms with E-state index in [1.807, 2.05) is 26.0 Å². The molecule has 0 atom stereocenters. The third kappa shape index (κ3) is 5.40. The zero-order valence-corrected chi connectivity index (χ0v) is 16.2. The zero-order chi connectivity index (χ0) is 19.8. The number of nitriles is 1. The van der Waals surface area contributed by atoms with Crippen LogP contribution in [0.5, 0.6) is 5.75 Å². The van der Waals surface area contributed by atoms with Crippen LogP contribution in [0.25, 0.3) is 0 Å². The van der Waals surface area contributed by atoms with Gasteiger partial charge in [0.25, 0.3) is 0 Å². The standard InChI is InChI=1S/C21H20FNO2.C2H6/c1-14-2-4-15(5-3-14)16-6-8-17(9-7-16)21(24)25-19-11-10-18(13-23)20(22)12-19;1-2/h6-12,14-15H,2-5H2,1H3;1-2H3. The van der Waals surface area contributed by atoms with E-state index in [1.165, 1.54) is 43.4 Å². The number of rotatable bonds is 3. The molecule has 0 amide bonds. The van der Waals surface area contributed by atoms with Crippen LogP contribution in [0.1, 0.15) is 73.9 Å². The Hall–Kier alpha value is -2.67. The lowest BCUT2D eigenvalue weighted by molar-refractivity contribution is 0.0734. The summed E-state index contributed by atoms with van der Waals surface area (Å²) in [7, 11) is 0. The second kappa shape index (κ2) is 9.87. The van der Waals surface area contributed by atoms with Crippen molar-refractivity contribution in [3.05, 3.63) is 65.0 Å². The van der Waals surface area contributed by atoms with E-state index in [1.54, 1.807) is 18.2 Å². The Morgan fingerprint density at radius 2 is 1.70 bits per heavy atom. The van der Waals surface area contributed by atoms with Gasteiger partial charge in [0.1, 0.15) is 17.6 Å². The van der Waals surface area contributed by atoms with Crippen molar-refractivity contribution >= 4 is 5.97 Å². The first-order valence-corrected chi connectivity index (χ1v) is 9.58. The van der Waals surface area contributed by atoms with E-state index in [4.69, 9.17) is 10.00 Å². The van der Waals surface area contributed by atoms with Crippen LogP contribution in [-0.2, 0) is 0 Å². The molecule has 0 aliphatic heterocycles. The molecule has 1 saturated carbocycles. The molecular formula is C23H26FNO2. The Morgan fingerprint density at radius 1 is 1.07 bits per heavy atom. The molecule has 3 nitrogen and oxygen atoms in total. The van der Waals surface area contributed by atoms with Gasteiger partial charge in [-0.3, -0.25) is 0 Å². The molecule has 3 rings (SSSR count). The van der Waals surface area contributed by atoms with Crippen molar-refractivity contribution in [2.45, 2.75) is 52.4 Å². The van der Waals surface area contributed by atoms with Gasteiger partial charge in [-0.2, -0.15) is 5.26 Å². The smallest absolute Gasteiger partial charge is 0.343 e. The van der Waals surface area contributed by atoms with E-state index in [0.717, 1.165) is 12.0 Å². The first kappa shape index (κ1) is 20.6. The van der Waals surface area contributed by atoms with Crippen molar-refractivity contribution in [2.24, 2.45) is 5.92 Å². The summed E-state index contributed by atoms with van der Waals surface area (Å²) in [5, 5.41) is 8.72. The van der Waals surface area contributed by atoms with Crippen molar-refractivity contribution in [2.75, 3.05) is 0 Å². The average molecular weight is 367 g/mol. The molecule has 0 unspecified atom stereocenters. The average Bonchev–Trinajstić information content (AvgIpc) is 2.70. The van der Waals surface area contributed by atoms with Gasteiger partial charge in [0.05, 0.1) is 11.1 Å². The number of esters is 1. The molecule has 0 radical (unpaired) electrons. The van der Waals surface area contributed by atoms with E-state index >= 15 is 0 Å². The number of carbonyl (C=O) groups is 1. The first-order valence-electron chi connectivity index (χ1n) is 9.58. The van der Waals surface area contributed by atoms with Gasteiger partial charge in [-0.15, -0.1) is 0 Å². The Balaban J connectivity index is 0.00000126. The van der Waals surface area contributed by atoms with Gasteiger partial charge in [-0.05, 0) is 54.5 Å². The third-order valence-corrected chi connectivity index (χ3v) is 4.91. The fourth-order valence-corrected chi connectivity index (χ4v) is 3.30. The summed E-state index contributed by atoms with van der Waals surface area (Å²) in [5.74, 6) is 0.224. The highest BCUT2D eigenvalue weighted by Crippen LogP contribution is 2.35. The topological polar surface area (TPSA) is 50.1 Å². The molecule has 0 saturated heterocycles. The second-order valence-corrected chi connectivity index (χ2v) is 6.72. The van der Waals surface area contributed by atoms with Crippen LogP contribution in [0, 0.1) is 23.1 Å². The summed E-state index contributed by atoms with van der Waals surface area (Å²) in [5.41, 5.74) is 1.61. The Morgan fingerprint density at radius 3 is 2.26 bits per heavy atom. The number of carbonyl (C=O) groups excluding carboxylic acids is 1. The Labute approximate surface area is 160 Å². The summed E-state index contributed by atoms with van der Waals surface area (Å²) in [6.07, 6.45) is 4.88. The van der Waals surface area contributed by atoms with Gasteiger partial charge in [0, 0.05) is 6.07 Å². The predicted molar refractivity (Wildman–Crippen MR) is 104 cm³/mol. The van der Waals surface area contributed by atoms with Gasteiger partial charge >= 0.3 is 5.97 Å². The fourth-order valence-electron chi connectivity index (χ4n) is 3.30. The SMILES string of the molecule is CC.CC1CCC(c2ccc(C(=O)Oc3ccc(C#N)c(F)c3)cc2)CC1. The Kier molecular flexibility index (Phi) is 7.55. The molecule has 142 valence electrons. The fraction of sp³-hybridized carbons (Fsp3) is 0.391. The van der Waals surface area contributed by atoms with E-state index in [9.17, 15) is 9.18 Å². The molecule has 0 spiro atoms. The minimum Gasteiger partial charge on any atom is -0.423 e. The molecule has 1 aliphatic carbocycles. The van der Waals surface area contributed by atoms with Gasteiger partial charge in [-0.25, -0.2) is 9.18 Å². The summed E-state index contributed by atoms with van der Waals surface area (Å²) in [6, 6.07) is 13.0. The molecule has 0 bridgehead atoms. The number of hydrogen-bond acceptors (Lipinski definition) is 3. The zero-order valence-electron chi connectivity index (χ0n) is 16.2. The minimum atomic E-state index is -0.699. The summed E-state index contributed by atoms with van der Waals surface area (Å²) in [4.78, 5) is 12.2. The highest BCUT2D eigenvalue weighted by atomic mass is 19.1. The molecular weight excluding hydrogens is 341 g/mol. The molecule has 0 heterocycles. The number of halogens is 1. The van der Waals surface area contributed by atoms with Gasteiger partial charge in [-0.1, -0.05) is 45.7 Å². The van der Waals surface area contributed by atoms with Crippen LogP contribution < -0.4 is 4.74 Å². The predicted octanol–water partition coefficient (Wildman–Crippen LogP) is 6.24. The molecule has 1 aliphatic rings. The van der Waals surface area contributed by atoms with Crippen LogP contribution in [0.3, 0.4) is 0 Å². The lowest BCUT2D eigenvalue weighted by Gasteiger charge is -2.26. The maximum absolute atomic E-state index is 13.6. The van der Waals surface area contributed by atoms with E-state index in [2.05, 4.69) is 6.92 Å². The van der Waals surface area contributed by atoms with Crippen LogP contribution in [-0.4, -0.2) is 5.97 Å². The Bertz CT molecular complexity index is 800. The third-order valence-electron chi connectivity index (χ3n) is 4.91. The number of benzene rings is 2. The molecule has 2 aromatic carbocycles. The molecule has 27 heavy (non-hydrogen) atoms. The largest absolute Gasteiger partial charge is 0.423 e. The first-order chi connectivity index (χ1) is 13.1. The number of ether oxygens (including phenoxy) is 1. The summed E-state index contributed by atoms with van der Waals surface area (Å²) >= 11 is 0. The van der Waals surface area contributed by atoms with E-state index < -0.39 is 11.8 Å². The van der Waals surface area contributed by atoms with Crippen molar-refractivity contribution in [3.8, 4) is 11.8 Å². The number of hydrogen-bond donors (Lipinski definition) is 0. The maximum Gasteiger partial charge on any atom is 0.343 e. The van der Waals surface area contributed by atoms with Gasteiger partial charge < -0.3 is 4.74 Å². The maximum atomic E-state index is 13.6. The minimum absolute atomic E-state index is 0.0778. The molecule has 4 heteroatoms. The van der Waals surface area contributed by atoms with Crippen molar-refractivity contribution in [3.63, 3.8) is 0 Å². The molecule has 0 aromatic heterocycles. The lowest BCUT2D eigenvalue weighted by atomic mass is 9.79. The highest BCUT2D eigenvalue weighted by molar-refractivity contribution is 5.91. The van der Waals surface area contributed by atoms with E-state index in [0.29, 0.717) is 11.5 Å². The summed E-state index contributed by atoms with van der Waals surface area (Å²) < 4.78 is 18.8. The van der Waals surface area contributed by atoms with Crippen LogP contribution in [0.2, 0.25) is 0 Å². The van der Waals surface area contributed by atoms with E-state index in [-0.39, 0.29) is 11.3 Å². The van der Waals surface area contributed by atoms with Crippen molar-refractivity contribution in [1.29, 1.82) is 5.26 Å². The van der Waals surface area contributed by atoms with Crippen LogP contribution in [0.4, 0.5) is 4.39 Å². The quantitative estimate of drug-likeness (QED) is 0.477. The molecule has 2 aromatic rings. The lowest BCUT2D eigenvalue weighted by Crippen LogP contribution is -2.12. The molecule has 1 fully saturated rings. The summed E-state index contributed by atoms with van der Waals surface area (Å²) in [6.45, 7) is 6.29. The van der Waals surface area contributed by atoms with Gasteiger partial charge in [0.2, 0.25) is 0 Å². The number of nitrogens with zero attached hydrogens (tertiary/aromatic N) is 1. The molecule has 0 N–H and O–H groups in total. The monoisotopic (exact) mass is 367 g/mol. The van der Waals surface area contributed by atoms with Crippen molar-refractivity contribution < 1.29 is 13.9 Å². The second-order valence-electron chi connectivity index (χ2n) is 6.72. The van der Waals surface area contributed by atoms with Crippen LogP contribution in [0.15, 0.2) is 42.5 Å². The normalized spacial score (nSPS) is 18.6. The highest BCUT2D eigenvalue weighted by Gasteiger charge is 2.20. The van der Waals surface area contributed by atoms with Crippen LogP contribution >= 0.6 is 0 Å².